The molecular weight excluding hydrogens is 218 g/mol. The molecule has 0 atom stereocenters. The number of nitrogens with two attached hydrogens (primary N) is 2. The predicted molar refractivity (Wildman–Crippen MR) is 65.0 cm³/mol. The Morgan fingerprint density at radius 2 is 2.29 bits per heavy atom. The number of carbonyl (C=O) groups excluding carboxylic acids is 1. The summed E-state index contributed by atoms with van der Waals surface area (Å²) < 4.78 is 0. The molecule has 0 fully saturated rings. The number of pyridine rings is 1. The molecule has 1 heterocycles. The van der Waals surface area contributed by atoms with Crippen LogP contribution in [-0.4, -0.2) is 23.5 Å². The molecule has 6 nitrogen and oxygen atoms in total. The van der Waals surface area contributed by atoms with Gasteiger partial charge in [-0.3, -0.25) is 4.79 Å². The van der Waals surface area contributed by atoms with Crippen molar-refractivity contribution < 1.29 is 4.79 Å². The average molecular weight is 233 g/mol. The van der Waals surface area contributed by atoms with E-state index in [9.17, 15) is 4.79 Å². The summed E-state index contributed by atoms with van der Waals surface area (Å²) in [5, 5.41) is 8.71. The van der Waals surface area contributed by atoms with Crippen molar-refractivity contribution in [3.05, 3.63) is 17.8 Å². The van der Waals surface area contributed by atoms with Gasteiger partial charge in [0.05, 0.1) is 17.8 Å². The molecule has 0 radical (unpaired) electrons. The van der Waals surface area contributed by atoms with Gasteiger partial charge in [-0.05, 0) is 19.9 Å². The Kier molecular flexibility index (Phi) is 3.88. The fraction of sp³-hybridized carbons (Fsp3) is 0.364. The molecule has 0 saturated carbocycles. The third kappa shape index (κ3) is 3.08. The molecule has 0 bridgehead atoms. The van der Waals surface area contributed by atoms with E-state index in [1.165, 1.54) is 12.3 Å². The number of primary amides is 1. The highest BCUT2D eigenvalue weighted by atomic mass is 16.1. The quantitative estimate of drug-likeness (QED) is 0.774. The van der Waals surface area contributed by atoms with E-state index in [-0.39, 0.29) is 12.6 Å². The van der Waals surface area contributed by atoms with E-state index in [0.717, 1.165) is 0 Å². The average Bonchev–Trinajstić information content (AvgIpc) is 2.25. The number of carbonyl (C=O) groups is 1. The van der Waals surface area contributed by atoms with Crippen LogP contribution in [0.15, 0.2) is 12.3 Å². The van der Waals surface area contributed by atoms with Crippen LogP contribution in [0.1, 0.15) is 19.4 Å². The monoisotopic (exact) mass is 233 g/mol. The number of nitrogens with zero attached hydrogens (tertiary/aromatic N) is 3. The van der Waals surface area contributed by atoms with Gasteiger partial charge in [0.25, 0.3) is 0 Å². The van der Waals surface area contributed by atoms with Gasteiger partial charge in [0, 0.05) is 12.2 Å². The molecule has 4 N–H and O–H groups in total. The second-order valence-corrected chi connectivity index (χ2v) is 3.94. The van der Waals surface area contributed by atoms with Gasteiger partial charge < -0.3 is 16.4 Å². The fourth-order valence-corrected chi connectivity index (χ4v) is 1.45. The molecule has 0 aromatic carbocycles. The lowest BCUT2D eigenvalue weighted by Gasteiger charge is -2.27. The highest BCUT2D eigenvalue weighted by Crippen LogP contribution is 2.22. The van der Waals surface area contributed by atoms with Gasteiger partial charge in [-0.1, -0.05) is 0 Å². The zero-order chi connectivity index (χ0) is 13.0. The summed E-state index contributed by atoms with van der Waals surface area (Å²) >= 11 is 0. The molecule has 90 valence electrons. The SMILES string of the molecule is CC(C)N(CC(N)=O)c1ncc(C#N)cc1N. The molecule has 1 rings (SSSR count). The van der Waals surface area contributed by atoms with Crippen molar-refractivity contribution in [2.24, 2.45) is 5.73 Å². The van der Waals surface area contributed by atoms with Crippen LogP contribution in [0.25, 0.3) is 0 Å². The maximum Gasteiger partial charge on any atom is 0.237 e. The van der Waals surface area contributed by atoms with Gasteiger partial charge in [0.1, 0.15) is 6.07 Å². The Morgan fingerprint density at radius 1 is 1.65 bits per heavy atom. The first-order valence-corrected chi connectivity index (χ1v) is 5.16. The lowest BCUT2D eigenvalue weighted by Crippen LogP contribution is -2.39. The number of aromatic nitrogens is 1. The fourth-order valence-electron chi connectivity index (χ4n) is 1.45. The zero-order valence-corrected chi connectivity index (χ0v) is 9.84. The lowest BCUT2D eigenvalue weighted by atomic mass is 10.2. The predicted octanol–water partition coefficient (Wildman–Crippen LogP) is 0.236. The summed E-state index contributed by atoms with van der Waals surface area (Å²) in [7, 11) is 0. The molecule has 0 aliphatic carbocycles. The number of rotatable bonds is 4. The molecule has 0 saturated heterocycles. The molecule has 17 heavy (non-hydrogen) atoms. The van der Waals surface area contributed by atoms with Crippen molar-refractivity contribution in [1.82, 2.24) is 4.98 Å². The second kappa shape index (κ2) is 5.16. The van der Waals surface area contributed by atoms with Crippen LogP contribution in [0.5, 0.6) is 0 Å². The second-order valence-electron chi connectivity index (χ2n) is 3.94. The van der Waals surface area contributed by atoms with Crippen molar-refractivity contribution in [1.29, 1.82) is 5.26 Å². The largest absolute Gasteiger partial charge is 0.396 e. The molecular formula is C11H15N5O. The van der Waals surface area contributed by atoms with Gasteiger partial charge in [0.15, 0.2) is 5.82 Å². The molecule has 1 aromatic rings. The van der Waals surface area contributed by atoms with Gasteiger partial charge >= 0.3 is 0 Å². The Bertz CT molecular complexity index is 463. The van der Waals surface area contributed by atoms with Crippen LogP contribution < -0.4 is 16.4 Å². The Hall–Kier alpha value is -2.29. The van der Waals surface area contributed by atoms with Crippen LogP contribution in [-0.2, 0) is 4.79 Å². The first-order chi connectivity index (χ1) is 7.95. The van der Waals surface area contributed by atoms with Crippen molar-refractivity contribution in [3.8, 4) is 6.07 Å². The molecule has 1 aromatic heterocycles. The van der Waals surface area contributed by atoms with Crippen molar-refractivity contribution >= 4 is 17.4 Å². The summed E-state index contributed by atoms with van der Waals surface area (Å²) in [5.41, 5.74) is 11.7. The standard InChI is InChI=1S/C11H15N5O/c1-7(2)16(6-10(14)17)11-9(13)3-8(4-12)5-15-11/h3,5,7H,6,13H2,1-2H3,(H2,14,17). The normalized spacial score (nSPS) is 10.0. The summed E-state index contributed by atoms with van der Waals surface area (Å²) in [4.78, 5) is 16.8. The van der Waals surface area contributed by atoms with Crippen LogP contribution in [0.2, 0.25) is 0 Å². The Labute approximate surface area is 99.8 Å². The summed E-state index contributed by atoms with van der Waals surface area (Å²) in [6.45, 7) is 3.85. The van der Waals surface area contributed by atoms with Crippen molar-refractivity contribution in [2.75, 3.05) is 17.2 Å². The molecule has 0 aliphatic rings. The van der Waals surface area contributed by atoms with E-state index >= 15 is 0 Å². The van der Waals surface area contributed by atoms with E-state index in [1.807, 2.05) is 19.9 Å². The van der Waals surface area contributed by atoms with E-state index in [0.29, 0.717) is 17.1 Å². The molecule has 0 aliphatic heterocycles. The number of nitrogen functional groups attached to an aromatic ring is 1. The maximum atomic E-state index is 11.0. The summed E-state index contributed by atoms with van der Waals surface area (Å²) in [5.74, 6) is 0.0158. The Balaban J connectivity index is 3.11. The Morgan fingerprint density at radius 3 is 2.71 bits per heavy atom. The van der Waals surface area contributed by atoms with Crippen LogP contribution in [0, 0.1) is 11.3 Å². The lowest BCUT2D eigenvalue weighted by molar-refractivity contribution is -0.116. The first-order valence-electron chi connectivity index (χ1n) is 5.16. The number of anilines is 2. The minimum atomic E-state index is -0.454. The molecule has 1 amide bonds. The van der Waals surface area contributed by atoms with Crippen molar-refractivity contribution in [3.63, 3.8) is 0 Å². The van der Waals surface area contributed by atoms with Crippen LogP contribution in [0.3, 0.4) is 0 Å². The van der Waals surface area contributed by atoms with E-state index < -0.39 is 5.91 Å². The number of hydrogen-bond acceptors (Lipinski definition) is 5. The van der Waals surface area contributed by atoms with E-state index in [4.69, 9.17) is 16.7 Å². The van der Waals surface area contributed by atoms with Gasteiger partial charge in [-0.15, -0.1) is 0 Å². The number of hydrogen-bond donors (Lipinski definition) is 2. The molecule has 0 spiro atoms. The van der Waals surface area contributed by atoms with Crippen LogP contribution in [0.4, 0.5) is 11.5 Å². The topological polar surface area (TPSA) is 109 Å². The van der Waals surface area contributed by atoms with Gasteiger partial charge in [-0.25, -0.2) is 4.98 Å². The maximum absolute atomic E-state index is 11.0. The minimum absolute atomic E-state index is 0.0326. The third-order valence-electron chi connectivity index (χ3n) is 2.25. The third-order valence-corrected chi connectivity index (χ3v) is 2.25. The zero-order valence-electron chi connectivity index (χ0n) is 9.84. The van der Waals surface area contributed by atoms with Gasteiger partial charge in [0.2, 0.25) is 5.91 Å². The summed E-state index contributed by atoms with van der Waals surface area (Å²) in [6, 6.07) is 3.51. The minimum Gasteiger partial charge on any atom is -0.396 e. The highest BCUT2D eigenvalue weighted by Gasteiger charge is 2.17. The highest BCUT2D eigenvalue weighted by molar-refractivity contribution is 5.81. The van der Waals surface area contributed by atoms with E-state index in [2.05, 4.69) is 4.98 Å². The number of nitriles is 1. The summed E-state index contributed by atoms with van der Waals surface area (Å²) in [6.07, 6.45) is 1.42. The molecule has 0 unspecified atom stereocenters. The number of amides is 1. The van der Waals surface area contributed by atoms with Gasteiger partial charge in [-0.2, -0.15) is 5.26 Å². The van der Waals surface area contributed by atoms with E-state index in [1.54, 1.807) is 4.90 Å². The first kappa shape index (κ1) is 12.8. The van der Waals surface area contributed by atoms with Crippen molar-refractivity contribution in [2.45, 2.75) is 19.9 Å². The smallest absolute Gasteiger partial charge is 0.237 e. The van der Waals surface area contributed by atoms with Crippen LogP contribution >= 0.6 is 0 Å². The molecule has 6 heteroatoms.